The standard InChI is InChI=1S/C20H22N2O5S/c23-20(18-11-15-5-8-21-13-19(15)27-18)22-12-14-1-3-16(4-2-14)28(24,25)17-6-9-26-10-7-17/h1-4,8,11,17H,5-7,9-10,12-13H2,(H,22,23). The molecule has 148 valence electrons. The van der Waals surface area contributed by atoms with Crippen molar-refractivity contribution < 1.29 is 22.4 Å². The number of hydrogen-bond donors (Lipinski definition) is 1. The van der Waals surface area contributed by atoms with E-state index < -0.39 is 9.84 Å². The van der Waals surface area contributed by atoms with Crippen molar-refractivity contribution in [2.24, 2.45) is 4.99 Å². The van der Waals surface area contributed by atoms with Crippen LogP contribution >= 0.6 is 0 Å². The van der Waals surface area contributed by atoms with Gasteiger partial charge in [-0.05, 0) is 36.6 Å². The summed E-state index contributed by atoms with van der Waals surface area (Å²) in [7, 11) is -3.35. The molecule has 0 aliphatic carbocycles. The van der Waals surface area contributed by atoms with Crippen molar-refractivity contribution in [2.75, 3.05) is 13.2 Å². The summed E-state index contributed by atoms with van der Waals surface area (Å²) in [5.74, 6) is 0.706. The number of sulfone groups is 1. The lowest BCUT2D eigenvalue weighted by molar-refractivity contribution is 0.0921. The minimum absolute atomic E-state index is 0.272. The summed E-state index contributed by atoms with van der Waals surface area (Å²) in [4.78, 5) is 16.8. The first-order valence-corrected chi connectivity index (χ1v) is 10.9. The van der Waals surface area contributed by atoms with E-state index in [1.807, 2.05) is 6.21 Å². The van der Waals surface area contributed by atoms with Crippen molar-refractivity contribution in [3.63, 3.8) is 0 Å². The summed E-state index contributed by atoms with van der Waals surface area (Å²) >= 11 is 0. The molecule has 0 bridgehead atoms. The van der Waals surface area contributed by atoms with Crippen LogP contribution < -0.4 is 5.32 Å². The van der Waals surface area contributed by atoms with Crippen LogP contribution in [-0.4, -0.2) is 39.0 Å². The number of carbonyl (C=O) groups excluding carboxylic acids is 1. The van der Waals surface area contributed by atoms with Crippen molar-refractivity contribution in [1.29, 1.82) is 0 Å². The highest BCUT2D eigenvalue weighted by Gasteiger charge is 2.29. The van der Waals surface area contributed by atoms with Gasteiger partial charge in [-0.1, -0.05) is 12.1 Å². The molecule has 0 unspecified atom stereocenters. The largest absolute Gasteiger partial charge is 0.454 e. The second-order valence-corrected chi connectivity index (χ2v) is 9.20. The molecule has 1 saturated heterocycles. The van der Waals surface area contributed by atoms with Gasteiger partial charge in [0.25, 0.3) is 5.91 Å². The van der Waals surface area contributed by atoms with Crippen molar-refractivity contribution in [2.45, 2.75) is 42.5 Å². The highest BCUT2D eigenvalue weighted by atomic mass is 32.2. The fourth-order valence-electron chi connectivity index (χ4n) is 3.44. The lowest BCUT2D eigenvalue weighted by Crippen LogP contribution is -2.29. The number of nitrogens with one attached hydrogen (secondary N) is 1. The minimum atomic E-state index is -3.35. The summed E-state index contributed by atoms with van der Waals surface area (Å²) in [6.45, 7) is 1.72. The van der Waals surface area contributed by atoms with Crippen LogP contribution in [-0.2, 0) is 34.1 Å². The SMILES string of the molecule is O=C(NCc1ccc(S(=O)(=O)C2CCOCC2)cc1)c1cc2c(o1)CN=CC2. The molecule has 2 aromatic rings. The Morgan fingerprint density at radius 1 is 1.18 bits per heavy atom. The van der Waals surface area contributed by atoms with E-state index in [9.17, 15) is 13.2 Å². The molecule has 0 radical (unpaired) electrons. The molecule has 3 heterocycles. The summed E-state index contributed by atoms with van der Waals surface area (Å²) < 4.78 is 36.2. The van der Waals surface area contributed by atoms with Gasteiger partial charge < -0.3 is 14.5 Å². The first-order chi connectivity index (χ1) is 13.5. The third-order valence-corrected chi connectivity index (χ3v) is 7.39. The first-order valence-electron chi connectivity index (χ1n) is 9.32. The fourth-order valence-corrected chi connectivity index (χ4v) is 5.15. The first kappa shape index (κ1) is 18.9. The zero-order valence-corrected chi connectivity index (χ0v) is 16.2. The number of ether oxygens (including phenoxy) is 1. The lowest BCUT2D eigenvalue weighted by atomic mass is 10.1. The van der Waals surface area contributed by atoms with E-state index in [-0.39, 0.29) is 23.5 Å². The number of hydrogen-bond acceptors (Lipinski definition) is 6. The molecule has 1 fully saturated rings. The molecule has 4 rings (SSSR count). The van der Waals surface area contributed by atoms with E-state index in [1.54, 1.807) is 30.3 Å². The van der Waals surface area contributed by atoms with Gasteiger partial charge >= 0.3 is 0 Å². The molecule has 0 saturated carbocycles. The Balaban J connectivity index is 1.38. The quantitative estimate of drug-likeness (QED) is 0.827. The van der Waals surface area contributed by atoms with Crippen LogP contribution in [0.2, 0.25) is 0 Å². The smallest absolute Gasteiger partial charge is 0.287 e. The highest BCUT2D eigenvalue weighted by Crippen LogP contribution is 2.24. The van der Waals surface area contributed by atoms with E-state index in [2.05, 4.69) is 10.3 Å². The maximum Gasteiger partial charge on any atom is 0.287 e. The molecule has 8 heteroatoms. The maximum absolute atomic E-state index is 12.7. The van der Waals surface area contributed by atoms with Gasteiger partial charge in [0, 0.05) is 38.0 Å². The van der Waals surface area contributed by atoms with Crippen molar-refractivity contribution in [3.8, 4) is 0 Å². The Labute approximate surface area is 163 Å². The number of amides is 1. The summed E-state index contributed by atoms with van der Waals surface area (Å²) in [6, 6.07) is 8.42. The van der Waals surface area contributed by atoms with E-state index in [0.29, 0.717) is 43.9 Å². The van der Waals surface area contributed by atoms with Crippen molar-refractivity contribution in [1.82, 2.24) is 5.32 Å². The zero-order valence-electron chi connectivity index (χ0n) is 15.4. The second kappa shape index (κ2) is 7.89. The number of nitrogens with zero attached hydrogens (tertiary/aromatic N) is 1. The van der Waals surface area contributed by atoms with Crippen LogP contribution in [0.4, 0.5) is 0 Å². The lowest BCUT2D eigenvalue weighted by Gasteiger charge is -2.22. The zero-order chi connectivity index (χ0) is 19.6. The van der Waals surface area contributed by atoms with Crippen LogP contribution in [0.25, 0.3) is 0 Å². The Morgan fingerprint density at radius 2 is 1.93 bits per heavy atom. The molecule has 28 heavy (non-hydrogen) atoms. The molecule has 1 aromatic carbocycles. The molecule has 0 atom stereocenters. The molecule has 0 spiro atoms. The number of fused-ring (bicyclic) bond motifs is 1. The Morgan fingerprint density at radius 3 is 2.64 bits per heavy atom. The topological polar surface area (TPSA) is 98.0 Å². The predicted octanol–water partition coefficient (Wildman–Crippen LogP) is 2.29. The molecule has 2 aliphatic heterocycles. The summed E-state index contributed by atoms with van der Waals surface area (Å²) in [6.07, 6.45) is 3.54. The molecule has 1 N–H and O–H groups in total. The molecule has 1 amide bonds. The van der Waals surface area contributed by atoms with Gasteiger partial charge in [-0.15, -0.1) is 0 Å². The molecular formula is C20H22N2O5S. The number of rotatable bonds is 5. The molecule has 2 aliphatic rings. The Kier molecular flexibility index (Phi) is 5.32. The van der Waals surface area contributed by atoms with Crippen molar-refractivity contribution >= 4 is 22.0 Å². The second-order valence-electron chi connectivity index (χ2n) is 6.97. The van der Waals surface area contributed by atoms with Crippen molar-refractivity contribution in [3.05, 3.63) is 53.0 Å². The predicted molar refractivity (Wildman–Crippen MR) is 103 cm³/mol. The Hall–Kier alpha value is -2.45. The van der Waals surface area contributed by atoms with Crippen LogP contribution in [0, 0.1) is 0 Å². The fraction of sp³-hybridized carbons (Fsp3) is 0.400. The highest BCUT2D eigenvalue weighted by molar-refractivity contribution is 7.92. The summed E-state index contributed by atoms with van der Waals surface area (Å²) in [5.41, 5.74) is 1.81. The number of furan rings is 1. The van der Waals surface area contributed by atoms with Gasteiger partial charge in [-0.2, -0.15) is 0 Å². The number of benzene rings is 1. The van der Waals surface area contributed by atoms with Crippen LogP contribution in [0.3, 0.4) is 0 Å². The van der Waals surface area contributed by atoms with E-state index in [0.717, 1.165) is 16.9 Å². The average Bonchev–Trinajstić information content (AvgIpc) is 3.17. The van der Waals surface area contributed by atoms with Crippen LogP contribution in [0.15, 0.2) is 44.6 Å². The number of carbonyl (C=O) groups is 1. The minimum Gasteiger partial charge on any atom is -0.454 e. The molecular weight excluding hydrogens is 380 g/mol. The van der Waals surface area contributed by atoms with Gasteiger partial charge in [0.2, 0.25) is 0 Å². The molecule has 1 aromatic heterocycles. The maximum atomic E-state index is 12.7. The van der Waals surface area contributed by atoms with Gasteiger partial charge in [0.1, 0.15) is 5.76 Å². The molecule has 7 nitrogen and oxygen atoms in total. The Bertz CT molecular complexity index is 961. The monoisotopic (exact) mass is 402 g/mol. The third-order valence-electron chi connectivity index (χ3n) is 5.11. The average molecular weight is 402 g/mol. The van der Waals surface area contributed by atoms with E-state index in [4.69, 9.17) is 9.15 Å². The van der Waals surface area contributed by atoms with E-state index in [1.165, 1.54) is 0 Å². The van der Waals surface area contributed by atoms with Gasteiger partial charge in [-0.3, -0.25) is 9.79 Å². The summed E-state index contributed by atoms with van der Waals surface area (Å²) in [5, 5.41) is 2.42. The van der Waals surface area contributed by atoms with Crippen LogP contribution in [0.1, 0.15) is 40.3 Å². The van der Waals surface area contributed by atoms with Gasteiger partial charge in [0.05, 0.1) is 16.7 Å². The number of aliphatic imine (C=N–C) groups is 1. The van der Waals surface area contributed by atoms with E-state index >= 15 is 0 Å². The normalized spacial score (nSPS) is 17.3. The third kappa shape index (κ3) is 3.88. The van der Waals surface area contributed by atoms with Crippen LogP contribution in [0.5, 0.6) is 0 Å². The van der Waals surface area contributed by atoms with Gasteiger partial charge in [-0.25, -0.2) is 8.42 Å². The van der Waals surface area contributed by atoms with Gasteiger partial charge in [0.15, 0.2) is 15.6 Å².